The van der Waals surface area contributed by atoms with E-state index in [1.165, 1.54) is 0 Å². The number of aryl methyl sites for hydroxylation is 1. The average Bonchev–Trinajstić information content (AvgIpc) is 2.31. The molecule has 0 aliphatic heterocycles. The molecule has 1 aromatic carbocycles. The van der Waals surface area contributed by atoms with Crippen LogP contribution in [0.4, 0.5) is 0 Å². The molecule has 0 saturated carbocycles. The Morgan fingerprint density at radius 2 is 2.28 bits per heavy atom. The molecule has 0 bridgehead atoms. The van der Waals surface area contributed by atoms with E-state index in [4.69, 9.17) is 17.0 Å². The predicted octanol–water partition coefficient (Wildman–Crippen LogP) is 2.02. The van der Waals surface area contributed by atoms with Gasteiger partial charge in [0.05, 0.1) is 6.42 Å². The van der Waals surface area contributed by atoms with Crippen molar-refractivity contribution in [1.82, 2.24) is 10.6 Å². The summed E-state index contributed by atoms with van der Waals surface area (Å²) >= 11 is 6.03. The zero-order chi connectivity index (χ0) is 13.5. The van der Waals surface area contributed by atoms with E-state index in [0.29, 0.717) is 11.6 Å². The summed E-state index contributed by atoms with van der Waals surface area (Å²) in [5.74, 6) is -0.308. The SMILES string of the molecule is C=CCNC(=N)NC(=O)Cc1c(C)cccc1Cl. The second kappa shape index (κ2) is 6.81. The molecule has 0 saturated heterocycles. The van der Waals surface area contributed by atoms with Gasteiger partial charge in [-0.25, -0.2) is 0 Å². The van der Waals surface area contributed by atoms with Crippen molar-refractivity contribution in [3.8, 4) is 0 Å². The summed E-state index contributed by atoms with van der Waals surface area (Å²) in [6.45, 7) is 5.85. The number of hydrogen-bond donors (Lipinski definition) is 3. The first-order valence-electron chi connectivity index (χ1n) is 5.51. The van der Waals surface area contributed by atoms with Gasteiger partial charge in [-0.2, -0.15) is 0 Å². The molecule has 18 heavy (non-hydrogen) atoms. The fourth-order valence-corrected chi connectivity index (χ4v) is 1.74. The molecule has 0 unspecified atom stereocenters. The smallest absolute Gasteiger partial charge is 0.231 e. The molecular formula is C13H16ClN3O. The van der Waals surface area contributed by atoms with E-state index < -0.39 is 0 Å². The minimum absolute atomic E-state index is 0.0374. The van der Waals surface area contributed by atoms with E-state index in [1.54, 1.807) is 12.1 Å². The number of halogens is 1. The van der Waals surface area contributed by atoms with Crippen LogP contribution >= 0.6 is 11.6 Å². The Morgan fingerprint density at radius 1 is 1.56 bits per heavy atom. The van der Waals surface area contributed by atoms with Crippen molar-refractivity contribution in [3.63, 3.8) is 0 Å². The van der Waals surface area contributed by atoms with Gasteiger partial charge >= 0.3 is 0 Å². The van der Waals surface area contributed by atoms with Gasteiger partial charge in [0.1, 0.15) is 0 Å². The third-order valence-corrected chi connectivity index (χ3v) is 2.73. The lowest BCUT2D eigenvalue weighted by atomic mass is 10.1. The standard InChI is InChI=1S/C13H16ClN3O/c1-3-7-16-13(15)17-12(18)8-10-9(2)5-4-6-11(10)14/h3-6H,1,7-8H2,2H3,(H3,15,16,17,18). The number of benzene rings is 1. The lowest BCUT2D eigenvalue weighted by Gasteiger charge is -2.10. The highest BCUT2D eigenvalue weighted by Gasteiger charge is 2.10. The van der Waals surface area contributed by atoms with Gasteiger partial charge in [0.25, 0.3) is 0 Å². The van der Waals surface area contributed by atoms with Gasteiger partial charge in [0.15, 0.2) is 5.96 Å². The van der Waals surface area contributed by atoms with Crippen LogP contribution in [0.1, 0.15) is 11.1 Å². The van der Waals surface area contributed by atoms with Gasteiger partial charge in [0, 0.05) is 11.6 Å². The molecule has 0 radical (unpaired) electrons. The normalized spacial score (nSPS) is 9.67. The molecule has 0 aliphatic carbocycles. The maximum absolute atomic E-state index is 11.7. The van der Waals surface area contributed by atoms with E-state index >= 15 is 0 Å². The largest absolute Gasteiger partial charge is 0.353 e. The summed E-state index contributed by atoms with van der Waals surface area (Å²) in [5, 5.41) is 13.2. The van der Waals surface area contributed by atoms with Crippen molar-refractivity contribution >= 4 is 23.5 Å². The average molecular weight is 266 g/mol. The number of rotatable bonds is 4. The monoisotopic (exact) mass is 265 g/mol. The van der Waals surface area contributed by atoms with Crippen LogP contribution in [0.15, 0.2) is 30.9 Å². The predicted molar refractivity (Wildman–Crippen MR) is 74.0 cm³/mol. The molecule has 96 valence electrons. The first kappa shape index (κ1) is 14.3. The molecule has 1 rings (SSSR count). The zero-order valence-electron chi connectivity index (χ0n) is 10.2. The van der Waals surface area contributed by atoms with Crippen LogP contribution in [0.5, 0.6) is 0 Å². The minimum Gasteiger partial charge on any atom is -0.353 e. The van der Waals surface area contributed by atoms with Crippen molar-refractivity contribution in [2.45, 2.75) is 13.3 Å². The van der Waals surface area contributed by atoms with Gasteiger partial charge in [0.2, 0.25) is 5.91 Å². The van der Waals surface area contributed by atoms with E-state index in [1.807, 2.05) is 19.1 Å². The quantitative estimate of drug-likeness (QED) is 0.443. The van der Waals surface area contributed by atoms with E-state index in [2.05, 4.69) is 17.2 Å². The summed E-state index contributed by atoms with van der Waals surface area (Å²) in [5.41, 5.74) is 1.75. The number of hydrogen-bond acceptors (Lipinski definition) is 2. The lowest BCUT2D eigenvalue weighted by Crippen LogP contribution is -2.40. The Labute approximate surface area is 112 Å². The van der Waals surface area contributed by atoms with Crippen molar-refractivity contribution in [2.24, 2.45) is 0 Å². The lowest BCUT2D eigenvalue weighted by molar-refractivity contribution is -0.119. The molecule has 0 atom stereocenters. The fourth-order valence-electron chi connectivity index (χ4n) is 1.45. The summed E-state index contributed by atoms with van der Waals surface area (Å²) < 4.78 is 0. The molecule has 0 spiro atoms. The maximum Gasteiger partial charge on any atom is 0.231 e. The van der Waals surface area contributed by atoms with Gasteiger partial charge in [-0.1, -0.05) is 29.8 Å². The summed E-state index contributed by atoms with van der Waals surface area (Å²) in [6.07, 6.45) is 1.77. The Morgan fingerprint density at radius 3 is 2.89 bits per heavy atom. The molecule has 1 aromatic rings. The fraction of sp³-hybridized carbons (Fsp3) is 0.231. The van der Waals surface area contributed by atoms with E-state index in [0.717, 1.165) is 11.1 Å². The first-order valence-corrected chi connectivity index (χ1v) is 5.89. The van der Waals surface area contributed by atoms with Crippen molar-refractivity contribution < 1.29 is 4.79 Å². The zero-order valence-corrected chi connectivity index (χ0v) is 11.0. The third-order valence-electron chi connectivity index (χ3n) is 2.38. The topological polar surface area (TPSA) is 65.0 Å². The number of guanidine groups is 1. The van der Waals surface area contributed by atoms with Gasteiger partial charge in [-0.05, 0) is 24.1 Å². The molecule has 0 aromatic heterocycles. The molecule has 3 N–H and O–H groups in total. The molecule has 0 fully saturated rings. The second-order valence-corrected chi connectivity index (χ2v) is 4.21. The van der Waals surface area contributed by atoms with E-state index in [9.17, 15) is 4.79 Å². The molecular weight excluding hydrogens is 250 g/mol. The molecule has 4 nitrogen and oxygen atoms in total. The van der Waals surface area contributed by atoms with Crippen LogP contribution < -0.4 is 10.6 Å². The second-order valence-electron chi connectivity index (χ2n) is 3.80. The van der Waals surface area contributed by atoms with Gasteiger partial charge < -0.3 is 5.32 Å². The van der Waals surface area contributed by atoms with Crippen molar-refractivity contribution in [3.05, 3.63) is 47.0 Å². The summed E-state index contributed by atoms with van der Waals surface area (Å²) in [4.78, 5) is 11.7. The summed E-state index contributed by atoms with van der Waals surface area (Å²) in [6, 6.07) is 5.49. The maximum atomic E-state index is 11.7. The van der Waals surface area contributed by atoms with Crippen LogP contribution in [0.25, 0.3) is 0 Å². The van der Waals surface area contributed by atoms with Crippen molar-refractivity contribution in [1.29, 1.82) is 5.41 Å². The van der Waals surface area contributed by atoms with Crippen molar-refractivity contribution in [2.75, 3.05) is 6.54 Å². The van der Waals surface area contributed by atoms with Crippen LogP contribution in [0.3, 0.4) is 0 Å². The molecule has 5 heteroatoms. The van der Waals surface area contributed by atoms with Crippen LogP contribution in [-0.4, -0.2) is 18.4 Å². The number of carbonyl (C=O) groups is 1. The Bertz CT molecular complexity index is 451. The molecule has 0 aliphatic rings. The van der Waals surface area contributed by atoms with Gasteiger partial charge in [-0.15, -0.1) is 6.58 Å². The number of amides is 1. The first-order chi connectivity index (χ1) is 8.54. The third kappa shape index (κ3) is 4.22. The molecule has 1 amide bonds. The van der Waals surface area contributed by atoms with Crippen LogP contribution in [0.2, 0.25) is 5.02 Å². The van der Waals surface area contributed by atoms with Crippen LogP contribution in [0, 0.1) is 12.3 Å². The molecule has 0 heterocycles. The highest BCUT2D eigenvalue weighted by atomic mass is 35.5. The van der Waals surface area contributed by atoms with Crippen LogP contribution in [-0.2, 0) is 11.2 Å². The number of carbonyl (C=O) groups excluding carboxylic acids is 1. The number of nitrogens with one attached hydrogen (secondary N) is 3. The Hall–Kier alpha value is -1.81. The summed E-state index contributed by atoms with van der Waals surface area (Å²) in [7, 11) is 0. The highest BCUT2D eigenvalue weighted by Crippen LogP contribution is 2.19. The highest BCUT2D eigenvalue weighted by molar-refractivity contribution is 6.31. The Balaban J connectivity index is 2.60. The Kier molecular flexibility index (Phi) is 5.39. The van der Waals surface area contributed by atoms with Gasteiger partial charge in [-0.3, -0.25) is 15.5 Å². The van der Waals surface area contributed by atoms with E-state index in [-0.39, 0.29) is 18.3 Å². The minimum atomic E-state index is -0.271.